The first-order valence-electron chi connectivity index (χ1n) is 5.85. The van der Waals surface area contributed by atoms with E-state index >= 15 is 0 Å². The number of aliphatic hydroxyl groups excluding tert-OH is 1. The van der Waals surface area contributed by atoms with E-state index in [1.54, 1.807) is 11.9 Å². The van der Waals surface area contributed by atoms with E-state index < -0.39 is 5.97 Å². The number of aliphatic carboxylic acids is 1. The molecular weight excluding hydrogens is 224 g/mol. The maximum Gasteiger partial charge on any atom is 0.319 e. The van der Waals surface area contributed by atoms with Gasteiger partial charge >= 0.3 is 12.0 Å². The van der Waals surface area contributed by atoms with Crippen molar-refractivity contribution >= 4 is 12.0 Å². The number of nitrogens with zero attached hydrogens (tertiary/aromatic N) is 2. The lowest BCUT2D eigenvalue weighted by Crippen LogP contribution is -2.43. The number of carbonyl (C=O) groups is 2. The molecule has 0 spiro atoms. The third-order valence-corrected chi connectivity index (χ3v) is 2.34. The molecule has 0 aliphatic rings. The van der Waals surface area contributed by atoms with Crippen LogP contribution in [0, 0.1) is 0 Å². The summed E-state index contributed by atoms with van der Waals surface area (Å²) in [5, 5.41) is 17.3. The number of carbonyl (C=O) groups excluding carboxylic acids is 1. The highest BCUT2D eigenvalue weighted by Gasteiger charge is 2.16. The van der Waals surface area contributed by atoms with Crippen molar-refractivity contribution in [3.8, 4) is 0 Å². The Morgan fingerprint density at radius 2 is 1.82 bits per heavy atom. The van der Waals surface area contributed by atoms with Crippen LogP contribution in [0.4, 0.5) is 4.79 Å². The molecule has 0 unspecified atom stereocenters. The smallest absolute Gasteiger partial charge is 0.319 e. The molecule has 0 saturated heterocycles. The fourth-order valence-corrected chi connectivity index (χ4v) is 1.50. The van der Waals surface area contributed by atoms with Crippen molar-refractivity contribution in [2.75, 3.05) is 33.3 Å². The van der Waals surface area contributed by atoms with Crippen LogP contribution in [0.5, 0.6) is 0 Å². The quantitative estimate of drug-likeness (QED) is 0.657. The standard InChI is InChI=1S/C11H22N2O4/c1-3-6-13(8-9-14)11(17)12(2)7-4-5-10(15)16/h14H,3-9H2,1-2H3,(H,15,16). The van der Waals surface area contributed by atoms with Crippen LogP contribution < -0.4 is 0 Å². The van der Waals surface area contributed by atoms with Gasteiger partial charge in [0, 0.05) is 33.1 Å². The Kier molecular flexibility index (Phi) is 8.13. The van der Waals surface area contributed by atoms with Gasteiger partial charge in [-0.25, -0.2) is 4.79 Å². The lowest BCUT2D eigenvalue weighted by molar-refractivity contribution is -0.137. The Bertz CT molecular complexity index is 240. The Balaban J connectivity index is 4.09. The molecule has 0 aromatic rings. The number of carboxylic acid groups (broad SMARTS) is 1. The summed E-state index contributed by atoms with van der Waals surface area (Å²) in [4.78, 5) is 25.3. The van der Waals surface area contributed by atoms with Gasteiger partial charge in [-0.2, -0.15) is 0 Å². The Morgan fingerprint density at radius 1 is 1.18 bits per heavy atom. The number of carboxylic acids is 1. The molecule has 6 heteroatoms. The van der Waals surface area contributed by atoms with Crippen molar-refractivity contribution in [3.63, 3.8) is 0 Å². The molecular formula is C11H22N2O4. The summed E-state index contributed by atoms with van der Waals surface area (Å²) < 4.78 is 0. The summed E-state index contributed by atoms with van der Waals surface area (Å²) in [6.07, 6.45) is 1.33. The molecule has 0 aromatic heterocycles. The molecule has 0 saturated carbocycles. The molecule has 0 heterocycles. The predicted molar refractivity (Wildman–Crippen MR) is 63.8 cm³/mol. The maximum atomic E-state index is 11.9. The van der Waals surface area contributed by atoms with Gasteiger partial charge in [-0.1, -0.05) is 6.92 Å². The van der Waals surface area contributed by atoms with Crippen LogP contribution in [-0.4, -0.2) is 65.3 Å². The van der Waals surface area contributed by atoms with Crippen molar-refractivity contribution in [2.45, 2.75) is 26.2 Å². The summed E-state index contributed by atoms with van der Waals surface area (Å²) in [6, 6.07) is -0.161. The Morgan fingerprint density at radius 3 is 2.29 bits per heavy atom. The lowest BCUT2D eigenvalue weighted by Gasteiger charge is -2.27. The van der Waals surface area contributed by atoms with Crippen LogP contribution in [0.3, 0.4) is 0 Å². The average molecular weight is 246 g/mol. The van der Waals surface area contributed by atoms with Crippen LogP contribution in [0.1, 0.15) is 26.2 Å². The van der Waals surface area contributed by atoms with Crippen molar-refractivity contribution in [1.29, 1.82) is 0 Å². The fraction of sp³-hybridized carbons (Fsp3) is 0.818. The monoisotopic (exact) mass is 246 g/mol. The maximum absolute atomic E-state index is 11.9. The zero-order chi connectivity index (χ0) is 13.3. The van der Waals surface area contributed by atoms with Gasteiger partial charge in [0.05, 0.1) is 6.61 Å². The first-order chi connectivity index (χ1) is 8.02. The van der Waals surface area contributed by atoms with Crippen molar-refractivity contribution in [1.82, 2.24) is 9.80 Å². The van der Waals surface area contributed by atoms with Crippen LogP contribution >= 0.6 is 0 Å². The number of hydrogen-bond donors (Lipinski definition) is 2. The molecule has 0 aromatic carbocycles. The highest BCUT2D eigenvalue weighted by molar-refractivity contribution is 5.74. The molecule has 100 valence electrons. The first-order valence-corrected chi connectivity index (χ1v) is 5.85. The van der Waals surface area contributed by atoms with Gasteiger partial charge in [0.1, 0.15) is 0 Å². The number of urea groups is 1. The van der Waals surface area contributed by atoms with Gasteiger partial charge in [0.2, 0.25) is 0 Å². The highest BCUT2D eigenvalue weighted by atomic mass is 16.4. The van der Waals surface area contributed by atoms with Crippen molar-refractivity contribution in [2.24, 2.45) is 0 Å². The molecule has 0 aliphatic carbocycles. The normalized spacial score (nSPS) is 10.1. The minimum atomic E-state index is -0.855. The van der Waals surface area contributed by atoms with Crippen molar-refractivity contribution < 1.29 is 19.8 Å². The molecule has 0 radical (unpaired) electrons. The molecule has 2 amide bonds. The SMILES string of the molecule is CCCN(CCO)C(=O)N(C)CCCC(=O)O. The van der Waals surface area contributed by atoms with Crippen LogP contribution in [0.2, 0.25) is 0 Å². The second-order valence-electron chi connectivity index (χ2n) is 3.91. The number of hydrogen-bond acceptors (Lipinski definition) is 3. The van der Waals surface area contributed by atoms with Crippen LogP contribution in [0.15, 0.2) is 0 Å². The molecule has 0 fully saturated rings. The minimum Gasteiger partial charge on any atom is -0.481 e. The topological polar surface area (TPSA) is 81.1 Å². The van der Waals surface area contributed by atoms with E-state index in [2.05, 4.69) is 0 Å². The van der Waals surface area contributed by atoms with Gasteiger partial charge < -0.3 is 20.0 Å². The van der Waals surface area contributed by atoms with E-state index in [9.17, 15) is 9.59 Å². The third kappa shape index (κ3) is 6.78. The zero-order valence-corrected chi connectivity index (χ0v) is 10.6. The molecule has 17 heavy (non-hydrogen) atoms. The molecule has 6 nitrogen and oxygen atoms in total. The number of rotatable bonds is 8. The summed E-state index contributed by atoms with van der Waals surface area (Å²) >= 11 is 0. The molecule has 0 aliphatic heterocycles. The van der Waals surface area contributed by atoms with E-state index in [4.69, 9.17) is 10.2 Å². The second kappa shape index (κ2) is 8.81. The third-order valence-electron chi connectivity index (χ3n) is 2.34. The van der Waals surface area contributed by atoms with E-state index in [1.807, 2.05) is 6.92 Å². The molecule has 0 atom stereocenters. The van der Waals surface area contributed by atoms with Gasteiger partial charge in [-0.15, -0.1) is 0 Å². The zero-order valence-electron chi connectivity index (χ0n) is 10.6. The van der Waals surface area contributed by atoms with Gasteiger partial charge in [0.15, 0.2) is 0 Å². The van der Waals surface area contributed by atoms with E-state index in [0.717, 1.165) is 6.42 Å². The van der Waals surface area contributed by atoms with E-state index in [-0.39, 0.29) is 19.1 Å². The van der Waals surface area contributed by atoms with Gasteiger partial charge in [-0.3, -0.25) is 4.79 Å². The predicted octanol–water partition coefficient (Wildman–Crippen LogP) is 0.607. The molecule has 0 bridgehead atoms. The number of aliphatic hydroxyl groups is 1. The summed E-state index contributed by atoms with van der Waals surface area (Å²) in [6.45, 7) is 3.23. The lowest BCUT2D eigenvalue weighted by atomic mass is 10.3. The van der Waals surface area contributed by atoms with E-state index in [0.29, 0.717) is 26.1 Å². The number of amides is 2. The van der Waals surface area contributed by atoms with Crippen molar-refractivity contribution in [3.05, 3.63) is 0 Å². The minimum absolute atomic E-state index is 0.0608. The van der Waals surface area contributed by atoms with Gasteiger partial charge in [0.25, 0.3) is 0 Å². The summed E-state index contributed by atoms with van der Waals surface area (Å²) in [7, 11) is 1.64. The molecule has 2 N–H and O–H groups in total. The Labute approximate surface area is 102 Å². The average Bonchev–Trinajstić information content (AvgIpc) is 2.27. The largest absolute Gasteiger partial charge is 0.481 e. The van der Waals surface area contributed by atoms with Gasteiger partial charge in [-0.05, 0) is 12.8 Å². The Hall–Kier alpha value is -1.30. The highest BCUT2D eigenvalue weighted by Crippen LogP contribution is 2.01. The summed E-state index contributed by atoms with van der Waals surface area (Å²) in [5.41, 5.74) is 0. The fourth-order valence-electron chi connectivity index (χ4n) is 1.50. The van der Waals surface area contributed by atoms with E-state index in [1.165, 1.54) is 4.90 Å². The van der Waals surface area contributed by atoms with Crippen LogP contribution in [-0.2, 0) is 4.79 Å². The second-order valence-corrected chi connectivity index (χ2v) is 3.91. The first kappa shape index (κ1) is 15.7. The molecule has 0 rings (SSSR count). The van der Waals surface area contributed by atoms with Crippen LogP contribution in [0.25, 0.3) is 0 Å². The summed E-state index contributed by atoms with van der Waals surface area (Å²) in [5.74, 6) is -0.855.